The second-order valence-corrected chi connectivity index (χ2v) is 11.3. The summed E-state index contributed by atoms with van der Waals surface area (Å²) in [5.41, 5.74) is 4.90. The van der Waals surface area contributed by atoms with Crippen LogP contribution in [0.5, 0.6) is 5.75 Å². The first-order valence-corrected chi connectivity index (χ1v) is 13.9. The molecule has 1 unspecified atom stereocenters. The van der Waals surface area contributed by atoms with Crippen molar-refractivity contribution in [1.82, 2.24) is 25.0 Å². The third kappa shape index (κ3) is 4.33. The van der Waals surface area contributed by atoms with E-state index < -0.39 is 0 Å². The molecule has 1 N–H and O–H groups in total. The molecular weight excluding hydrogens is 462 g/mol. The Balaban J connectivity index is 0.994. The zero-order valence-electron chi connectivity index (χ0n) is 21.5. The molecule has 2 aliphatic heterocycles. The maximum atomic E-state index is 13.4. The quantitative estimate of drug-likeness (QED) is 0.530. The van der Waals surface area contributed by atoms with Gasteiger partial charge in [-0.25, -0.2) is 9.67 Å². The molecule has 3 fully saturated rings. The Morgan fingerprint density at radius 2 is 1.95 bits per heavy atom. The molecule has 2 bridgehead atoms. The van der Waals surface area contributed by atoms with Crippen LogP contribution in [0.3, 0.4) is 0 Å². The first-order valence-electron chi connectivity index (χ1n) is 13.9. The van der Waals surface area contributed by atoms with Gasteiger partial charge in [0.1, 0.15) is 5.75 Å². The molecule has 4 atom stereocenters. The predicted molar refractivity (Wildman–Crippen MR) is 141 cm³/mol. The van der Waals surface area contributed by atoms with Gasteiger partial charge < -0.3 is 10.1 Å². The van der Waals surface area contributed by atoms with Crippen LogP contribution in [0.1, 0.15) is 67.0 Å². The van der Waals surface area contributed by atoms with Gasteiger partial charge in [-0.05, 0) is 86.8 Å². The Morgan fingerprint density at radius 3 is 2.76 bits per heavy atom. The van der Waals surface area contributed by atoms with Crippen LogP contribution >= 0.6 is 0 Å². The van der Waals surface area contributed by atoms with Crippen LogP contribution in [0.15, 0.2) is 48.7 Å². The molecule has 37 heavy (non-hydrogen) atoms. The van der Waals surface area contributed by atoms with Gasteiger partial charge in [0.05, 0.1) is 13.3 Å². The van der Waals surface area contributed by atoms with E-state index in [4.69, 9.17) is 9.72 Å². The van der Waals surface area contributed by atoms with E-state index >= 15 is 0 Å². The molecule has 7 heteroatoms. The van der Waals surface area contributed by atoms with Gasteiger partial charge in [-0.1, -0.05) is 18.2 Å². The van der Waals surface area contributed by atoms with E-state index in [1.54, 1.807) is 7.11 Å². The lowest BCUT2D eigenvalue weighted by molar-refractivity contribution is -0.126. The number of benzene rings is 1. The summed E-state index contributed by atoms with van der Waals surface area (Å²) in [4.78, 5) is 20.9. The minimum Gasteiger partial charge on any atom is -0.497 e. The van der Waals surface area contributed by atoms with Crippen LogP contribution in [0, 0.1) is 5.92 Å². The number of rotatable bonds is 7. The molecular formula is C30H35N5O2. The number of carbonyl (C=O) groups is 1. The van der Waals surface area contributed by atoms with E-state index in [-0.39, 0.29) is 17.9 Å². The van der Waals surface area contributed by atoms with Crippen molar-refractivity contribution in [3.8, 4) is 11.6 Å². The molecule has 7 rings (SSSR count). The maximum absolute atomic E-state index is 13.4. The van der Waals surface area contributed by atoms with E-state index in [0.717, 1.165) is 43.8 Å². The molecule has 2 aromatic heterocycles. The fraction of sp³-hybridized carbons (Fsp3) is 0.500. The number of hydrogen-bond acceptors (Lipinski definition) is 5. The fourth-order valence-corrected chi connectivity index (χ4v) is 6.85. The molecule has 1 saturated carbocycles. The lowest BCUT2D eigenvalue weighted by atomic mass is 9.86. The number of aromatic nitrogens is 3. The second-order valence-electron chi connectivity index (χ2n) is 11.3. The number of nitrogens with one attached hydrogen (secondary N) is 1. The van der Waals surface area contributed by atoms with Crippen molar-refractivity contribution in [3.05, 3.63) is 71.2 Å². The van der Waals surface area contributed by atoms with Gasteiger partial charge in [0.25, 0.3) is 0 Å². The van der Waals surface area contributed by atoms with E-state index in [9.17, 15) is 4.79 Å². The number of amides is 1. The van der Waals surface area contributed by atoms with Gasteiger partial charge in [0.15, 0.2) is 5.82 Å². The molecule has 2 saturated heterocycles. The van der Waals surface area contributed by atoms with Gasteiger partial charge in [-0.15, -0.1) is 0 Å². The molecule has 0 spiro atoms. The van der Waals surface area contributed by atoms with Crippen molar-refractivity contribution < 1.29 is 9.53 Å². The molecule has 192 valence electrons. The summed E-state index contributed by atoms with van der Waals surface area (Å²) in [6.07, 6.45) is 10.4. The summed E-state index contributed by atoms with van der Waals surface area (Å²) < 4.78 is 7.31. The van der Waals surface area contributed by atoms with Gasteiger partial charge in [-0.3, -0.25) is 9.69 Å². The highest BCUT2D eigenvalue weighted by Gasteiger charge is 2.47. The molecule has 0 radical (unpaired) electrons. The van der Waals surface area contributed by atoms with E-state index in [1.807, 2.05) is 29.1 Å². The van der Waals surface area contributed by atoms with Crippen LogP contribution in [0.25, 0.3) is 5.82 Å². The Bertz CT molecular complexity index is 1300. The predicted octanol–water partition coefficient (Wildman–Crippen LogP) is 4.18. The zero-order valence-corrected chi connectivity index (χ0v) is 21.5. The maximum Gasteiger partial charge on any atom is 0.223 e. The van der Waals surface area contributed by atoms with E-state index in [1.165, 1.54) is 48.2 Å². The Hall–Kier alpha value is -3.19. The number of hydrogen-bond donors (Lipinski definition) is 1. The number of ether oxygens (including phenoxy) is 1. The van der Waals surface area contributed by atoms with Crippen molar-refractivity contribution >= 4 is 5.91 Å². The van der Waals surface area contributed by atoms with Crippen molar-refractivity contribution in [2.75, 3.05) is 7.11 Å². The SMILES string of the molecule is COc1ccc(CN2[C@H]3CC[C@@H]2[C@H](NC(=O)C2CCc4c(cnn4-c4cccc(C5CC5)n4)C2)C3)cc1. The van der Waals surface area contributed by atoms with E-state index in [0.29, 0.717) is 18.0 Å². The molecule has 4 aliphatic rings. The highest BCUT2D eigenvalue weighted by Crippen LogP contribution is 2.40. The third-order valence-electron chi connectivity index (χ3n) is 9.02. The molecule has 4 heterocycles. The van der Waals surface area contributed by atoms with Crippen LogP contribution < -0.4 is 10.1 Å². The minimum absolute atomic E-state index is 0.0186. The normalized spacial score (nSPS) is 26.7. The van der Waals surface area contributed by atoms with Crippen LogP contribution in [0.4, 0.5) is 0 Å². The van der Waals surface area contributed by atoms with Gasteiger partial charge in [-0.2, -0.15) is 5.10 Å². The molecule has 1 aromatic carbocycles. The average Bonchev–Trinajstić information content (AvgIpc) is 3.50. The van der Waals surface area contributed by atoms with Crippen LogP contribution in [0.2, 0.25) is 0 Å². The van der Waals surface area contributed by atoms with Crippen LogP contribution in [-0.2, 0) is 24.2 Å². The second kappa shape index (κ2) is 9.28. The molecule has 3 aromatic rings. The zero-order chi connectivity index (χ0) is 24.9. The smallest absolute Gasteiger partial charge is 0.223 e. The highest BCUT2D eigenvalue weighted by atomic mass is 16.5. The third-order valence-corrected chi connectivity index (χ3v) is 9.02. The van der Waals surface area contributed by atoms with Gasteiger partial charge in [0.2, 0.25) is 5.91 Å². The molecule has 2 aliphatic carbocycles. The number of nitrogens with zero attached hydrogens (tertiary/aromatic N) is 4. The molecule has 7 nitrogen and oxygen atoms in total. The summed E-state index contributed by atoms with van der Waals surface area (Å²) in [7, 11) is 1.70. The number of methoxy groups -OCH3 is 1. The summed E-state index contributed by atoms with van der Waals surface area (Å²) in [5.74, 6) is 2.66. The first-order chi connectivity index (χ1) is 18.2. The highest BCUT2D eigenvalue weighted by molar-refractivity contribution is 5.79. The summed E-state index contributed by atoms with van der Waals surface area (Å²) >= 11 is 0. The van der Waals surface area contributed by atoms with Gasteiger partial charge >= 0.3 is 0 Å². The summed E-state index contributed by atoms with van der Waals surface area (Å²) in [6, 6.07) is 15.9. The number of carbonyl (C=O) groups excluding carboxylic acids is 1. The lowest BCUT2D eigenvalue weighted by Crippen LogP contribution is -2.46. The number of fused-ring (bicyclic) bond motifs is 3. The van der Waals surface area contributed by atoms with Crippen molar-refractivity contribution in [2.24, 2.45) is 5.92 Å². The minimum atomic E-state index is 0.0186. The Kier molecular flexibility index (Phi) is 5.76. The monoisotopic (exact) mass is 497 g/mol. The van der Waals surface area contributed by atoms with Crippen molar-refractivity contribution in [1.29, 1.82) is 0 Å². The lowest BCUT2D eigenvalue weighted by Gasteiger charge is -2.28. The first kappa shape index (κ1) is 23.0. The summed E-state index contributed by atoms with van der Waals surface area (Å²) in [5, 5.41) is 8.16. The molecule has 1 amide bonds. The standard InChI is InChI=1S/C30H35N5O2/c1-37-24-11-5-19(6-12-24)18-34-23-10-14-28(34)26(16-23)33-30(36)21-9-13-27-22(15-21)17-31-35(27)29-4-2-3-25(32-29)20-7-8-20/h2-6,11-12,17,20-21,23,26,28H,7-10,13-16,18H2,1H3,(H,33,36)/t21?,23-,26+,28+/m0/s1. The fourth-order valence-electron chi connectivity index (χ4n) is 6.85. The van der Waals surface area contributed by atoms with Crippen molar-refractivity contribution in [2.45, 2.75) is 82.0 Å². The Morgan fingerprint density at radius 1 is 1.08 bits per heavy atom. The summed E-state index contributed by atoms with van der Waals surface area (Å²) in [6.45, 7) is 0.938. The Labute approximate surface area is 218 Å². The van der Waals surface area contributed by atoms with Gasteiger partial charge in [0, 0.05) is 47.9 Å². The average molecular weight is 498 g/mol. The topological polar surface area (TPSA) is 72.3 Å². The van der Waals surface area contributed by atoms with Crippen LogP contribution in [-0.4, -0.2) is 50.8 Å². The number of pyridine rings is 1. The largest absolute Gasteiger partial charge is 0.497 e. The van der Waals surface area contributed by atoms with E-state index in [2.05, 4.69) is 39.6 Å². The van der Waals surface area contributed by atoms with Crippen molar-refractivity contribution in [3.63, 3.8) is 0 Å².